The lowest BCUT2D eigenvalue weighted by atomic mass is 9.48. The Morgan fingerprint density at radius 1 is 1.24 bits per heavy atom. The molecule has 0 amide bonds. The molecule has 0 aromatic heterocycles. The van der Waals surface area contributed by atoms with Crippen LogP contribution in [-0.2, 0) is 9.53 Å². The fraction of sp³-hybridized carbons (Fsp3) is 0.762. The molecule has 4 aliphatic rings. The van der Waals surface area contributed by atoms with Crippen LogP contribution < -0.4 is 0 Å². The Hall–Kier alpha value is -0.610. The number of hydrogen-bond acceptors (Lipinski definition) is 3. The minimum atomic E-state index is -1.41. The molecule has 8 atom stereocenters. The molecule has 0 radical (unpaired) electrons. The van der Waals surface area contributed by atoms with Crippen LogP contribution in [0.15, 0.2) is 24.3 Å². The highest BCUT2D eigenvalue weighted by atomic mass is 79.9. The Morgan fingerprint density at radius 3 is 2.72 bits per heavy atom. The minimum Gasteiger partial charge on any atom is -0.432 e. The molecule has 0 spiro atoms. The van der Waals surface area contributed by atoms with Gasteiger partial charge in [0.1, 0.15) is 0 Å². The quantitative estimate of drug-likeness (QED) is 0.298. The van der Waals surface area contributed by atoms with Gasteiger partial charge in [0, 0.05) is 12.3 Å². The van der Waals surface area contributed by atoms with Crippen LogP contribution >= 0.6 is 15.9 Å². The van der Waals surface area contributed by atoms with Crippen LogP contribution in [0.1, 0.15) is 52.9 Å². The second kappa shape index (κ2) is 5.69. The van der Waals surface area contributed by atoms with Crippen molar-refractivity contribution in [2.75, 3.05) is 0 Å². The Morgan fingerprint density at radius 2 is 2.00 bits per heavy atom. The largest absolute Gasteiger partial charge is 0.432 e. The molecule has 4 aliphatic carbocycles. The summed E-state index contributed by atoms with van der Waals surface area (Å²) >= 11 is 3.65. The molecule has 0 aromatic rings. The van der Waals surface area contributed by atoms with Gasteiger partial charge in [-0.3, -0.25) is 4.79 Å². The van der Waals surface area contributed by atoms with Crippen LogP contribution in [0, 0.1) is 34.5 Å². The minimum absolute atomic E-state index is 0.210. The molecule has 138 valence electrons. The molecule has 2 fully saturated rings. The van der Waals surface area contributed by atoms with Crippen molar-refractivity contribution >= 4 is 21.9 Å². The van der Waals surface area contributed by atoms with Gasteiger partial charge in [0.15, 0.2) is 0 Å². The number of carbonyl (C=O) groups is 1. The highest BCUT2D eigenvalue weighted by Crippen LogP contribution is 2.67. The number of esters is 1. The average Bonchev–Trinajstić information content (AvgIpc) is 2.74. The molecule has 0 heterocycles. The summed E-state index contributed by atoms with van der Waals surface area (Å²) < 4.78 is 5.53. The molecule has 25 heavy (non-hydrogen) atoms. The number of alkyl halides is 1. The zero-order valence-electron chi connectivity index (χ0n) is 15.4. The van der Waals surface area contributed by atoms with Gasteiger partial charge in [0.05, 0.1) is 4.83 Å². The van der Waals surface area contributed by atoms with E-state index in [2.05, 4.69) is 54.1 Å². The van der Waals surface area contributed by atoms with Crippen LogP contribution in [0.4, 0.5) is 0 Å². The number of allylic oxidation sites excluding steroid dienone is 4. The molecular weight excluding hydrogens is 380 g/mol. The van der Waals surface area contributed by atoms with E-state index in [1.165, 1.54) is 19.8 Å². The Kier molecular flexibility index (Phi) is 4.05. The maximum atomic E-state index is 11.7. The Balaban J connectivity index is 1.72. The van der Waals surface area contributed by atoms with E-state index < -0.39 is 17.2 Å². The molecule has 0 aromatic carbocycles. The molecule has 1 N–H and O–H groups in total. The van der Waals surface area contributed by atoms with Crippen LogP contribution in [0.25, 0.3) is 0 Å². The number of rotatable bonds is 1. The van der Waals surface area contributed by atoms with Crippen molar-refractivity contribution < 1.29 is 14.6 Å². The first-order chi connectivity index (χ1) is 11.7. The SMILES string of the molecule is CC(=O)OC1(O)C(Br)C[C@H]2[C@@H]3C=CC4CCC=C[C@]4(C)[C@@H]3CC[C@@]21C. The Labute approximate surface area is 159 Å². The van der Waals surface area contributed by atoms with E-state index in [9.17, 15) is 9.90 Å². The number of halogens is 1. The third-order valence-corrected chi connectivity index (χ3v) is 9.00. The van der Waals surface area contributed by atoms with E-state index in [4.69, 9.17) is 4.74 Å². The van der Waals surface area contributed by atoms with Gasteiger partial charge in [-0.1, -0.05) is 54.1 Å². The summed E-state index contributed by atoms with van der Waals surface area (Å²) in [5.74, 6) is 0.185. The second-order valence-electron chi connectivity index (χ2n) is 9.08. The zero-order valence-corrected chi connectivity index (χ0v) is 17.0. The maximum Gasteiger partial charge on any atom is 0.305 e. The molecule has 4 rings (SSSR count). The van der Waals surface area contributed by atoms with Gasteiger partial charge in [-0.2, -0.15) is 0 Å². The number of aliphatic hydroxyl groups is 1. The van der Waals surface area contributed by atoms with Gasteiger partial charge < -0.3 is 9.84 Å². The van der Waals surface area contributed by atoms with E-state index in [0.717, 1.165) is 19.3 Å². The van der Waals surface area contributed by atoms with Gasteiger partial charge >= 0.3 is 5.97 Å². The van der Waals surface area contributed by atoms with E-state index in [1.807, 2.05) is 0 Å². The van der Waals surface area contributed by atoms with Gasteiger partial charge in [-0.15, -0.1) is 0 Å². The number of carbonyl (C=O) groups excluding carboxylic acids is 1. The second-order valence-corrected chi connectivity index (χ2v) is 10.2. The fourth-order valence-electron chi connectivity index (χ4n) is 6.55. The van der Waals surface area contributed by atoms with Gasteiger partial charge in [0.2, 0.25) is 5.79 Å². The van der Waals surface area contributed by atoms with Gasteiger partial charge in [-0.25, -0.2) is 0 Å². The normalized spacial score (nSPS) is 53.7. The summed E-state index contributed by atoms with van der Waals surface area (Å²) in [5.41, 5.74) is -0.178. The van der Waals surface area contributed by atoms with E-state index >= 15 is 0 Å². The topological polar surface area (TPSA) is 46.5 Å². The zero-order chi connectivity index (χ0) is 18.0. The Bertz CT molecular complexity index is 643. The summed E-state index contributed by atoms with van der Waals surface area (Å²) in [7, 11) is 0. The van der Waals surface area contributed by atoms with E-state index in [-0.39, 0.29) is 10.2 Å². The lowest BCUT2D eigenvalue weighted by Crippen LogP contribution is -2.57. The first kappa shape index (κ1) is 17.8. The predicted molar refractivity (Wildman–Crippen MR) is 101 cm³/mol. The molecule has 4 heteroatoms. The predicted octanol–water partition coefficient (Wildman–Crippen LogP) is 4.60. The van der Waals surface area contributed by atoms with E-state index in [1.54, 1.807) is 0 Å². The molecule has 3 unspecified atom stereocenters. The summed E-state index contributed by atoms with van der Waals surface area (Å²) in [4.78, 5) is 11.5. The van der Waals surface area contributed by atoms with Crippen molar-refractivity contribution in [3.8, 4) is 0 Å². The van der Waals surface area contributed by atoms with Crippen LogP contribution in [-0.4, -0.2) is 21.7 Å². The number of hydrogen-bond donors (Lipinski definition) is 1. The smallest absolute Gasteiger partial charge is 0.305 e. The monoisotopic (exact) mass is 408 g/mol. The summed E-state index contributed by atoms with van der Waals surface area (Å²) in [6.07, 6.45) is 14.9. The van der Waals surface area contributed by atoms with Crippen LogP contribution in [0.2, 0.25) is 0 Å². The van der Waals surface area contributed by atoms with Crippen molar-refractivity contribution in [2.24, 2.45) is 34.5 Å². The van der Waals surface area contributed by atoms with Gasteiger partial charge in [-0.05, 0) is 61.2 Å². The highest BCUT2D eigenvalue weighted by molar-refractivity contribution is 9.09. The van der Waals surface area contributed by atoms with Crippen LogP contribution in [0.5, 0.6) is 0 Å². The van der Waals surface area contributed by atoms with Crippen molar-refractivity contribution in [3.05, 3.63) is 24.3 Å². The lowest BCUT2D eigenvalue weighted by Gasteiger charge is -2.57. The molecular formula is C21H29BrO3. The molecule has 3 nitrogen and oxygen atoms in total. The summed E-state index contributed by atoms with van der Waals surface area (Å²) in [6.45, 7) is 5.94. The standard InChI is InChI=1S/C21H29BrO3/c1-13(23)25-21(24)18(22)12-17-15-8-7-14-6-4-5-10-19(14,2)16(15)9-11-20(17,21)3/h5,7-8,10,14-18,24H,4,6,9,11-12H2,1-3H3/t14?,15-,16-,17+,18?,19+,20+,21?/m1/s1. The van der Waals surface area contributed by atoms with Gasteiger partial charge in [0.25, 0.3) is 0 Å². The molecule has 0 aliphatic heterocycles. The lowest BCUT2D eigenvalue weighted by molar-refractivity contribution is -0.258. The van der Waals surface area contributed by atoms with Crippen molar-refractivity contribution in [3.63, 3.8) is 0 Å². The average molecular weight is 409 g/mol. The highest BCUT2D eigenvalue weighted by Gasteiger charge is 2.68. The molecule has 2 saturated carbocycles. The van der Waals surface area contributed by atoms with Crippen molar-refractivity contribution in [2.45, 2.75) is 63.5 Å². The molecule has 0 bridgehead atoms. The maximum absolute atomic E-state index is 11.7. The van der Waals surface area contributed by atoms with Crippen LogP contribution in [0.3, 0.4) is 0 Å². The van der Waals surface area contributed by atoms with E-state index in [0.29, 0.717) is 23.7 Å². The number of fused-ring (bicyclic) bond motifs is 5. The first-order valence-corrected chi connectivity index (χ1v) is 10.6. The third kappa shape index (κ3) is 2.29. The summed E-state index contributed by atoms with van der Waals surface area (Å²) in [6, 6.07) is 0. The van der Waals surface area contributed by atoms with Crippen molar-refractivity contribution in [1.82, 2.24) is 0 Å². The first-order valence-electron chi connectivity index (χ1n) is 9.64. The summed E-state index contributed by atoms with van der Waals surface area (Å²) in [5, 5.41) is 11.3. The number of ether oxygens (including phenoxy) is 1. The third-order valence-electron chi connectivity index (χ3n) is 8.01. The fourth-order valence-corrected chi connectivity index (χ4v) is 7.57. The van der Waals surface area contributed by atoms with Crippen molar-refractivity contribution in [1.29, 1.82) is 0 Å². The molecule has 0 saturated heterocycles.